The molecule has 160 valence electrons. The summed E-state index contributed by atoms with van der Waals surface area (Å²) in [5.74, 6) is 0.900. The minimum absolute atomic E-state index is 0.0163. The number of quaternary nitrogens is 2. The van der Waals surface area contributed by atoms with Crippen molar-refractivity contribution in [2.24, 2.45) is 0 Å². The molecule has 10 heteroatoms. The molecule has 3 rings (SSSR count). The number of halogens is 2. The molecule has 0 radical (unpaired) electrons. The fraction of sp³-hybridized carbons (Fsp3) is 0.889. The first-order valence-electron chi connectivity index (χ1n) is 10.4. The number of rotatable bonds is 4. The molecule has 2 N–H and O–H groups in total. The van der Waals surface area contributed by atoms with Crippen LogP contribution in [-0.2, 0) is 0 Å². The first-order chi connectivity index (χ1) is 13.5. The maximum absolute atomic E-state index is 12.1. The van der Waals surface area contributed by atoms with Gasteiger partial charge in [-0.05, 0) is 0 Å². The molecule has 0 aromatic heterocycles. The second kappa shape index (κ2) is 9.69. The highest BCUT2D eigenvalue weighted by Crippen LogP contribution is 2.24. The number of carbonyl (C=O) groups excluding carboxylic acids is 2. The lowest BCUT2D eigenvalue weighted by Crippen LogP contribution is -2.73. The van der Waals surface area contributed by atoms with E-state index in [2.05, 4.69) is 10.6 Å². The summed E-state index contributed by atoms with van der Waals surface area (Å²) in [6.45, 7) is 13.2. The fourth-order valence-electron chi connectivity index (χ4n) is 4.68. The van der Waals surface area contributed by atoms with Crippen molar-refractivity contribution < 1.29 is 18.6 Å². The molecule has 4 amide bonds. The zero-order chi connectivity index (χ0) is 20.0. The molecule has 3 fully saturated rings. The standard InChI is InChI=1S/C18H32Cl2N6O2/c19-1-3-21-17(27)23-5-9-25(10-6-23)13-15-26(16-14-25)11-7-24(8-12-26)18(28)22-4-2-20/h1-16H2/p+2. The van der Waals surface area contributed by atoms with E-state index in [0.29, 0.717) is 24.8 Å². The zero-order valence-electron chi connectivity index (χ0n) is 16.7. The number of piperazine rings is 3. The van der Waals surface area contributed by atoms with Gasteiger partial charge >= 0.3 is 12.1 Å². The Labute approximate surface area is 177 Å². The number of urea groups is 2. The van der Waals surface area contributed by atoms with E-state index in [-0.39, 0.29) is 12.1 Å². The number of nitrogens with zero attached hydrogens (tertiary/aromatic N) is 4. The Hall–Kier alpha value is -0.960. The van der Waals surface area contributed by atoms with Gasteiger partial charge in [0.05, 0.1) is 52.4 Å². The summed E-state index contributed by atoms with van der Waals surface area (Å²) in [6, 6.07) is 0.0325. The normalized spacial score (nSPS) is 23.6. The summed E-state index contributed by atoms with van der Waals surface area (Å²) in [5.41, 5.74) is 0. The van der Waals surface area contributed by atoms with Crippen LogP contribution in [0.1, 0.15) is 0 Å². The molecule has 0 aliphatic carbocycles. The number of hydrogen-bond acceptors (Lipinski definition) is 2. The van der Waals surface area contributed by atoms with Gasteiger partial charge in [-0.25, -0.2) is 9.59 Å². The molecule has 2 spiro atoms. The van der Waals surface area contributed by atoms with Gasteiger partial charge < -0.3 is 29.4 Å². The van der Waals surface area contributed by atoms with E-state index in [4.69, 9.17) is 23.2 Å². The Balaban J connectivity index is 1.43. The first-order valence-corrected chi connectivity index (χ1v) is 11.5. The number of alkyl halides is 2. The zero-order valence-corrected chi connectivity index (χ0v) is 18.2. The topological polar surface area (TPSA) is 64.7 Å². The molecule has 3 aliphatic rings. The van der Waals surface area contributed by atoms with Gasteiger partial charge in [-0.2, -0.15) is 0 Å². The van der Waals surface area contributed by atoms with Crippen molar-refractivity contribution in [3.05, 3.63) is 0 Å². The molecule has 3 heterocycles. The number of amides is 4. The second-order valence-electron chi connectivity index (χ2n) is 8.29. The maximum atomic E-state index is 12.1. The van der Waals surface area contributed by atoms with Crippen LogP contribution in [0.15, 0.2) is 0 Å². The van der Waals surface area contributed by atoms with Gasteiger partial charge in [0.2, 0.25) is 0 Å². The first kappa shape index (κ1) is 21.7. The minimum atomic E-state index is 0.0163. The molecular weight excluding hydrogens is 403 g/mol. The lowest BCUT2D eigenvalue weighted by molar-refractivity contribution is -1.03. The molecule has 0 saturated carbocycles. The Bertz CT molecular complexity index is 488. The average molecular weight is 437 g/mol. The van der Waals surface area contributed by atoms with Gasteiger partial charge in [0, 0.05) is 24.8 Å². The smallest absolute Gasteiger partial charge is 0.317 e. The minimum Gasteiger partial charge on any atom is -0.337 e. The fourth-order valence-corrected chi connectivity index (χ4v) is 4.87. The molecule has 0 aromatic carbocycles. The molecule has 0 aromatic rings. The maximum Gasteiger partial charge on any atom is 0.317 e. The number of carbonyl (C=O) groups is 2. The van der Waals surface area contributed by atoms with Crippen molar-refractivity contribution in [3.63, 3.8) is 0 Å². The van der Waals surface area contributed by atoms with E-state index in [9.17, 15) is 9.59 Å². The van der Waals surface area contributed by atoms with E-state index in [0.717, 1.165) is 61.3 Å². The quantitative estimate of drug-likeness (QED) is 0.486. The Morgan fingerprint density at radius 2 is 0.964 bits per heavy atom. The molecule has 0 atom stereocenters. The summed E-state index contributed by atoms with van der Waals surface area (Å²) in [4.78, 5) is 28.1. The largest absolute Gasteiger partial charge is 0.337 e. The molecule has 3 aliphatic heterocycles. The molecule has 3 saturated heterocycles. The lowest BCUT2D eigenvalue weighted by Gasteiger charge is -2.54. The van der Waals surface area contributed by atoms with Crippen LogP contribution in [0.5, 0.6) is 0 Å². The molecule has 28 heavy (non-hydrogen) atoms. The van der Waals surface area contributed by atoms with Crippen LogP contribution in [0.2, 0.25) is 0 Å². The van der Waals surface area contributed by atoms with E-state index >= 15 is 0 Å². The van der Waals surface area contributed by atoms with Crippen molar-refractivity contribution in [3.8, 4) is 0 Å². The lowest BCUT2D eigenvalue weighted by atomic mass is 10.1. The molecule has 0 unspecified atom stereocenters. The van der Waals surface area contributed by atoms with Gasteiger partial charge in [-0.15, -0.1) is 23.2 Å². The van der Waals surface area contributed by atoms with Gasteiger partial charge in [-0.3, -0.25) is 0 Å². The van der Waals surface area contributed by atoms with E-state index in [1.54, 1.807) is 0 Å². The summed E-state index contributed by atoms with van der Waals surface area (Å²) in [7, 11) is 0. The summed E-state index contributed by atoms with van der Waals surface area (Å²) >= 11 is 11.3. The Morgan fingerprint density at radius 1 is 0.643 bits per heavy atom. The third-order valence-electron chi connectivity index (χ3n) is 6.79. The summed E-state index contributed by atoms with van der Waals surface area (Å²) < 4.78 is 2.28. The molecule has 8 nitrogen and oxygen atoms in total. The van der Waals surface area contributed by atoms with Crippen LogP contribution >= 0.6 is 23.2 Å². The Morgan fingerprint density at radius 3 is 1.25 bits per heavy atom. The number of hydrogen-bond donors (Lipinski definition) is 2. The molecular formula is C18H34Cl2N6O2+2. The van der Waals surface area contributed by atoms with Crippen LogP contribution in [0.3, 0.4) is 0 Å². The molecule has 0 bridgehead atoms. The monoisotopic (exact) mass is 436 g/mol. The van der Waals surface area contributed by atoms with Crippen LogP contribution in [0.25, 0.3) is 0 Å². The third kappa shape index (κ3) is 5.14. The third-order valence-corrected chi connectivity index (χ3v) is 7.17. The van der Waals surface area contributed by atoms with Crippen LogP contribution < -0.4 is 10.6 Å². The van der Waals surface area contributed by atoms with Crippen molar-refractivity contribution >= 4 is 35.3 Å². The van der Waals surface area contributed by atoms with Gasteiger partial charge in [0.25, 0.3) is 0 Å². The highest BCUT2D eigenvalue weighted by atomic mass is 35.5. The van der Waals surface area contributed by atoms with Gasteiger partial charge in [0.1, 0.15) is 26.2 Å². The van der Waals surface area contributed by atoms with Crippen LogP contribution in [0.4, 0.5) is 9.59 Å². The highest BCUT2D eigenvalue weighted by Gasteiger charge is 2.45. The van der Waals surface area contributed by atoms with Crippen molar-refractivity contribution in [2.75, 3.05) is 103 Å². The van der Waals surface area contributed by atoms with E-state index in [1.807, 2.05) is 9.80 Å². The van der Waals surface area contributed by atoms with Gasteiger partial charge in [-0.1, -0.05) is 0 Å². The van der Waals surface area contributed by atoms with Crippen LogP contribution in [-0.4, -0.2) is 134 Å². The predicted molar refractivity (Wildman–Crippen MR) is 111 cm³/mol. The summed E-state index contributed by atoms with van der Waals surface area (Å²) in [5, 5.41) is 5.73. The van der Waals surface area contributed by atoms with Crippen LogP contribution in [0, 0.1) is 0 Å². The SMILES string of the molecule is O=C(NCCCl)N1CC[N+]2(CC1)CC[N+]1(CCN(C(=O)NCCCl)CC1)CC2. The summed E-state index contributed by atoms with van der Waals surface area (Å²) in [6.07, 6.45) is 0. The van der Waals surface area contributed by atoms with Crippen molar-refractivity contribution in [2.45, 2.75) is 0 Å². The second-order valence-corrected chi connectivity index (χ2v) is 9.04. The predicted octanol–water partition coefficient (Wildman–Crippen LogP) is 0.162. The van der Waals surface area contributed by atoms with Gasteiger partial charge in [0.15, 0.2) is 0 Å². The average Bonchev–Trinajstić information content (AvgIpc) is 2.74. The van der Waals surface area contributed by atoms with E-state index < -0.39 is 0 Å². The highest BCUT2D eigenvalue weighted by molar-refractivity contribution is 6.18. The number of nitrogens with one attached hydrogen (secondary N) is 2. The van der Waals surface area contributed by atoms with Crippen molar-refractivity contribution in [1.82, 2.24) is 20.4 Å². The Kier molecular flexibility index (Phi) is 7.53. The van der Waals surface area contributed by atoms with E-state index in [1.165, 1.54) is 26.2 Å². The van der Waals surface area contributed by atoms with Crippen molar-refractivity contribution in [1.29, 1.82) is 0 Å².